The van der Waals surface area contributed by atoms with Crippen molar-refractivity contribution in [1.29, 1.82) is 0 Å². The summed E-state index contributed by atoms with van der Waals surface area (Å²) in [5, 5.41) is 85.4. The summed E-state index contributed by atoms with van der Waals surface area (Å²) in [4.78, 5) is 6.35. The highest BCUT2D eigenvalue weighted by Crippen LogP contribution is 2.39. The highest BCUT2D eigenvalue weighted by Gasteiger charge is 2.47. The van der Waals surface area contributed by atoms with Crippen molar-refractivity contribution < 1.29 is 50.3 Å². The topological polar surface area (TPSA) is 212 Å². The second-order valence-corrected chi connectivity index (χ2v) is 10.1. The summed E-state index contributed by atoms with van der Waals surface area (Å²) in [6.45, 7) is -1.59. The zero-order chi connectivity index (χ0) is 28.6. The molecule has 0 aliphatic carbocycles. The molecule has 0 radical (unpaired) electrons. The number of aromatic amines is 2. The Balaban J connectivity index is 1.53. The molecule has 4 aromatic rings. The summed E-state index contributed by atoms with van der Waals surface area (Å²) in [5.74, 6) is -0.867. The minimum Gasteiger partial charge on any atom is -0.394 e. The molecule has 10 N–H and O–H groups in total. The minimum atomic E-state index is -1.86. The number of H-pyrrole nitrogens is 2. The number of hydrogen-bond acceptors (Lipinski definition) is 10. The Morgan fingerprint density at radius 1 is 0.750 bits per heavy atom. The second-order valence-electron chi connectivity index (χ2n) is 10.1. The van der Waals surface area contributed by atoms with Gasteiger partial charge >= 0.3 is 0 Å². The third kappa shape index (κ3) is 5.15. The third-order valence-electron chi connectivity index (χ3n) is 7.65. The molecule has 12 nitrogen and oxygen atoms in total. The summed E-state index contributed by atoms with van der Waals surface area (Å²) >= 11 is 0. The third-order valence-corrected chi connectivity index (χ3v) is 7.65. The van der Waals surface area contributed by atoms with Crippen LogP contribution in [0.15, 0.2) is 60.9 Å². The van der Waals surface area contributed by atoms with Crippen LogP contribution >= 0.6 is 0 Å². The summed E-state index contributed by atoms with van der Waals surface area (Å²) in [7, 11) is 0. The smallest absolute Gasteiger partial charge is 0.187 e. The van der Waals surface area contributed by atoms with E-state index in [2.05, 4.69) is 9.97 Å². The van der Waals surface area contributed by atoms with Gasteiger partial charge < -0.3 is 60.3 Å². The largest absolute Gasteiger partial charge is 0.394 e. The van der Waals surface area contributed by atoms with Crippen molar-refractivity contribution >= 4 is 21.8 Å². The molecule has 3 heterocycles. The Hall–Kier alpha value is -2.88. The van der Waals surface area contributed by atoms with E-state index in [0.29, 0.717) is 11.1 Å². The molecular weight excluding hydrogens is 524 g/mol. The minimum absolute atomic E-state index is 0.650. The number of rotatable bonds is 10. The van der Waals surface area contributed by atoms with Gasteiger partial charge in [-0.1, -0.05) is 36.4 Å². The highest BCUT2D eigenvalue weighted by molar-refractivity contribution is 5.88. The van der Waals surface area contributed by atoms with Gasteiger partial charge in [0.05, 0.1) is 19.3 Å². The van der Waals surface area contributed by atoms with Crippen LogP contribution in [0, 0.1) is 0 Å². The first-order valence-electron chi connectivity index (χ1n) is 13.0. The highest BCUT2D eigenvalue weighted by atomic mass is 16.7. The van der Waals surface area contributed by atoms with Crippen LogP contribution < -0.4 is 0 Å². The molecular formula is C28H34N2O10. The summed E-state index contributed by atoms with van der Waals surface area (Å²) in [6.07, 6.45) is -11.8. The fourth-order valence-electron chi connectivity index (χ4n) is 5.47. The molecule has 5 rings (SSSR count). The maximum absolute atomic E-state index is 11.8. The quantitative estimate of drug-likeness (QED) is 0.115. The molecule has 0 amide bonds. The average molecular weight is 559 g/mol. The number of aliphatic hydroxyl groups excluding tert-OH is 8. The lowest BCUT2D eigenvalue weighted by molar-refractivity contribution is -0.327. The molecule has 1 saturated heterocycles. The van der Waals surface area contributed by atoms with E-state index in [1.807, 2.05) is 48.5 Å². The van der Waals surface area contributed by atoms with Gasteiger partial charge in [-0.25, -0.2) is 0 Å². The standard InChI is InChI=1S/C28H34N2O10/c31-11-19(33)27(40-28-26(38)24(36)22(34)20(12-32)39-28)25(37)23(35)21(15-9-29-17-7-3-1-5-13(15)17)16-10-30-18-8-4-2-6-14(16)18/h1-10,19-38H,11-12H2/t19-,20-,22+,23+,24+,25-,26-,27-,28+/m1/s1. The summed E-state index contributed by atoms with van der Waals surface area (Å²) in [6, 6.07) is 14.9. The molecule has 0 unspecified atom stereocenters. The normalized spacial score (nSPS) is 26.8. The van der Waals surface area contributed by atoms with E-state index in [1.54, 1.807) is 12.4 Å². The van der Waals surface area contributed by atoms with Gasteiger partial charge in [0.1, 0.15) is 42.7 Å². The van der Waals surface area contributed by atoms with Crippen LogP contribution in [0.5, 0.6) is 0 Å². The Morgan fingerprint density at radius 3 is 1.82 bits per heavy atom. The van der Waals surface area contributed by atoms with Gasteiger partial charge in [-0.2, -0.15) is 0 Å². The van der Waals surface area contributed by atoms with Gasteiger partial charge in [0.25, 0.3) is 0 Å². The number of hydrogen-bond donors (Lipinski definition) is 10. The van der Waals surface area contributed by atoms with Gasteiger partial charge in [0, 0.05) is 40.1 Å². The van der Waals surface area contributed by atoms with Crippen LogP contribution in [0.2, 0.25) is 0 Å². The van der Waals surface area contributed by atoms with Crippen molar-refractivity contribution in [2.24, 2.45) is 0 Å². The van der Waals surface area contributed by atoms with Crippen molar-refractivity contribution in [3.05, 3.63) is 72.1 Å². The van der Waals surface area contributed by atoms with Gasteiger partial charge in [-0.15, -0.1) is 0 Å². The van der Waals surface area contributed by atoms with E-state index in [9.17, 15) is 40.9 Å². The molecule has 12 heteroatoms. The van der Waals surface area contributed by atoms with E-state index in [0.717, 1.165) is 21.8 Å². The number of fused-ring (bicyclic) bond motifs is 2. The molecule has 9 atom stereocenters. The van der Waals surface area contributed by atoms with Crippen LogP contribution in [0.3, 0.4) is 0 Å². The zero-order valence-electron chi connectivity index (χ0n) is 21.4. The predicted molar refractivity (Wildman–Crippen MR) is 142 cm³/mol. The Bertz CT molecular complexity index is 1330. The Labute approximate surface area is 228 Å². The van der Waals surface area contributed by atoms with Crippen LogP contribution in [-0.4, -0.2) is 119 Å². The molecule has 0 bridgehead atoms. The van der Waals surface area contributed by atoms with Gasteiger partial charge in [-0.05, 0) is 23.3 Å². The fraction of sp³-hybridized carbons (Fsp3) is 0.429. The Morgan fingerprint density at radius 2 is 1.30 bits per heavy atom. The molecule has 1 aliphatic heterocycles. The second kappa shape index (κ2) is 11.9. The van der Waals surface area contributed by atoms with Crippen molar-refractivity contribution in [3.63, 3.8) is 0 Å². The zero-order valence-corrected chi connectivity index (χ0v) is 21.4. The first-order valence-corrected chi connectivity index (χ1v) is 13.0. The number of ether oxygens (including phenoxy) is 2. The Kier molecular flexibility index (Phi) is 8.54. The van der Waals surface area contributed by atoms with Crippen molar-refractivity contribution in [2.75, 3.05) is 13.2 Å². The van der Waals surface area contributed by atoms with Crippen molar-refractivity contribution in [1.82, 2.24) is 9.97 Å². The lowest BCUT2D eigenvalue weighted by Crippen LogP contribution is -2.61. The molecule has 2 aromatic heterocycles. The predicted octanol–water partition coefficient (Wildman–Crippen LogP) is -0.959. The first kappa shape index (κ1) is 28.6. The first-order chi connectivity index (χ1) is 19.3. The van der Waals surface area contributed by atoms with Crippen LogP contribution in [0.1, 0.15) is 17.0 Å². The average Bonchev–Trinajstić information content (AvgIpc) is 3.60. The van der Waals surface area contributed by atoms with E-state index < -0.39 is 74.3 Å². The summed E-state index contributed by atoms with van der Waals surface area (Å²) < 4.78 is 11.0. The number of benzene rings is 2. The maximum Gasteiger partial charge on any atom is 0.187 e. The van der Waals surface area contributed by atoms with Gasteiger partial charge in [0.2, 0.25) is 0 Å². The van der Waals surface area contributed by atoms with Crippen molar-refractivity contribution in [3.8, 4) is 0 Å². The number of nitrogens with one attached hydrogen (secondary N) is 2. The van der Waals surface area contributed by atoms with Crippen LogP contribution in [0.4, 0.5) is 0 Å². The van der Waals surface area contributed by atoms with E-state index in [1.165, 1.54) is 0 Å². The van der Waals surface area contributed by atoms with E-state index >= 15 is 0 Å². The maximum atomic E-state index is 11.8. The van der Waals surface area contributed by atoms with E-state index in [-0.39, 0.29) is 0 Å². The SMILES string of the molecule is OC[C@@H](O)[C@@H](O[C@@H]1O[C@H](CO)[C@H](O)[C@H](O)[C@H]1O)[C@H](O)[C@@H](O)C(c1c[nH]c2ccccc12)c1c[nH]c2ccccc12. The monoisotopic (exact) mass is 558 g/mol. The molecule has 0 saturated carbocycles. The van der Waals surface area contributed by atoms with Crippen molar-refractivity contribution in [2.45, 2.75) is 61.0 Å². The van der Waals surface area contributed by atoms with Crippen LogP contribution in [-0.2, 0) is 9.47 Å². The molecule has 216 valence electrons. The number of para-hydroxylation sites is 2. The molecule has 0 spiro atoms. The molecule has 2 aromatic carbocycles. The fourth-order valence-corrected chi connectivity index (χ4v) is 5.47. The van der Waals surface area contributed by atoms with Gasteiger partial charge in [0.15, 0.2) is 6.29 Å². The van der Waals surface area contributed by atoms with Crippen LogP contribution in [0.25, 0.3) is 21.8 Å². The van der Waals surface area contributed by atoms with E-state index in [4.69, 9.17) is 9.47 Å². The summed E-state index contributed by atoms with van der Waals surface area (Å²) in [5.41, 5.74) is 2.90. The lowest BCUT2D eigenvalue weighted by Gasteiger charge is -2.42. The number of aliphatic hydroxyl groups is 8. The lowest BCUT2D eigenvalue weighted by atomic mass is 9.82. The molecule has 1 fully saturated rings. The number of aromatic nitrogens is 2. The molecule has 1 aliphatic rings. The van der Waals surface area contributed by atoms with Gasteiger partial charge in [-0.3, -0.25) is 0 Å². The molecule has 40 heavy (non-hydrogen) atoms.